The Morgan fingerprint density at radius 3 is 2.36 bits per heavy atom. The third-order valence-corrected chi connectivity index (χ3v) is 4.20. The highest BCUT2D eigenvalue weighted by Gasteiger charge is 2.31. The Balaban J connectivity index is 2.31. The molecule has 0 saturated heterocycles. The molecule has 0 spiro atoms. The minimum absolute atomic E-state index is 0.0673. The number of hydrogen-bond acceptors (Lipinski definition) is 2. The van der Waals surface area contributed by atoms with Crippen LogP contribution in [0.4, 0.5) is 17.6 Å². The molecule has 0 amide bonds. The summed E-state index contributed by atoms with van der Waals surface area (Å²) in [5.41, 5.74) is -4.12. The molecule has 22 heavy (non-hydrogen) atoms. The Morgan fingerprint density at radius 1 is 1.09 bits per heavy atom. The van der Waals surface area contributed by atoms with Gasteiger partial charge in [0, 0.05) is 21.5 Å². The molecule has 0 unspecified atom stereocenters. The van der Waals surface area contributed by atoms with Crippen molar-refractivity contribution in [2.24, 2.45) is 0 Å². The first-order chi connectivity index (χ1) is 10.2. The van der Waals surface area contributed by atoms with E-state index in [1.54, 1.807) is 0 Å². The molecular weight excluding hydrogens is 363 g/mol. The normalized spacial score (nSPS) is 11.6. The van der Waals surface area contributed by atoms with E-state index in [2.05, 4.69) is 0 Å². The highest BCUT2D eigenvalue weighted by molar-refractivity contribution is 8.00. The van der Waals surface area contributed by atoms with Gasteiger partial charge in [-0.05, 0) is 43.0 Å². The number of alkyl halides is 3. The minimum atomic E-state index is -4.44. The number of ether oxygens (including phenoxy) is 1. The van der Waals surface area contributed by atoms with Gasteiger partial charge in [0.05, 0.1) is 5.02 Å². The van der Waals surface area contributed by atoms with Crippen molar-refractivity contribution < 1.29 is 22.3 Å². The summed E-state index contributed by atoms with van der Waals surface area (Å²) >= 11 is 11.3. The summed E-state index contributed by atoms with van der Waals surface area (Å²) in [6.07, 6.45) is 0. The second-order valence-electron chi connectivity index (χ2n) is 4.26. The van der Waals surface area contributed by atoms with Crippen molar-refractivity contribution in [3.8, 4) is 11.5 Å². The van der Waals surface area contributed by atoms with Crippen LogP contribution >= 0.6 is 35.0 Å². The number of thioether (sulfide) groups is 1. The molecule has 0 aliphatic heterocycles. The van der Waals surface area contributed by atoms with Gasteiger partial charge in [-0.2, -0.15) is 13.2 Å². The number of hydrogen-bond donors (Lipinski definition) is 0. The summed E-state index contributed by atoms with van der Waals surface area (Å²) in [5.74, 6) is -0.242. The van der Waals surface area contributed by atoms with Crippen molar-refractivity contribution >= 4 is 35.0 Å². The molecule has 0 radical (unpaired) electrons. The van der Waals surface area contributed by atoms with E-state index >= 15 is 0 Å². The highest BCUT2D eigenvalue weighted by atomic mass is 35.5. The topological polar surface area (TPSA) is 9.23 Å². The van der Waals surface area contributed by atoms with Crippen molar-refractivity contribution in [1.82, 2.24) is 0 Å². The van der Waals surface area contributed by atoms with Crippen LogP contribution in [0, 0.1) is 12.7 Å². The van der Waals surface area contributed by atoms with E-state index < -0.39 is 11.3 Å². The third kappa shape index (κ3) is 4.44. The fraction of sp³-hybridized carbons (Fsp3) is 0.143. The van der Waals surface area contributed by atoms with Crippen molar-refractivity contribution in [3.05, 3.63) is 51.8 Å². The molecule has 1 nitrogen and oxygen atoms in total. The summed E-state index contributed by atoms with van der Waals surface area (Å²) in [6.45, 7) is 1.51. The van der Waals surface area contributed by atoms with Crippen LogP contribution in [-0.4, -0.2) is 5.51 Å². The van der Waals surface area contributed by atoms with Gasteiger partial charge in [0.1, 0.15) is 17.3 Å². The summed E-state index contributed by atoms with van der Waals surface area (Å²) in [6, 6.07) is 6.14. The van der Waals surface area contributed by atoms with E-state index in [0.717, 1.165) is 12.1 Å². The lowest BCUT2D eigenvalue weighted by Crippen LogP contribution is -2.00. The van der Waals surface area contributed by atoms with Crippen LogP contribution in [-0.2, 0) is 0 Å². The molecule has 0 heterocycles. The van der Waals surface area contributed by atoms with Gasteiger partial charge in [0.25, 0.3) is 0 Å². The average molecular weight is 371 g/mol. The molecule has 0 atom stereocenters. The average Bonchev–Trinajstić information content (AvgIpc) is 2.36. The van der Waals surface area contributed by atoms with Gasteiger partial charge < -0.3 is 4.74 Å². The largest absolute Gasteiger partial charge is 0.457 e. The van der Waals surface area contributed by atoms with E-state index in [4.69, 9.17) is 27.9 Å². The fourth-order valence-electron chi connectivity index (χ4n) is 1.67. The van der Waals surface area contributed by atoms with Crippen LogP contribution < -0.4 is 4.74 Å². The maximum Gasteiger partial charge on any atom is 0.446 e. The predicted octanol–water partition coefficient (Wildman–Crippen LogP) is 6.85. The molecule has 0 aliphatic carbocycles. The number of benzene rings is 2. The molecule has 0 N–H and O–H groups in total. The monoisotopic (exact) mass is 370 g/mol. The van der Waals surface area contributed by atoms with Gasteiger partial charge in [-0.1, -0.05) is 23.2 Å². The van der Waals surface area contributed by atoms with Crippen LogP contribution in [0.1, 0.15) is 5.56 Å². The van der Waals surface area contributed by atoms with E-state index in [0.29, 0.717) is 5.56 Å². The predicted molar refractivity (Wildman–Crippen MR) is 79.6 cm³/mol. The van der Waals surface area contributed by atoms with Crippen molar-refractivity contribution in [2.75, 3.05) is 0 Å². The second-order valence-corrected chi connectivity index (χ2v) is 6.18. The molecule has 2 rings (SSSR count). The smallest absolute Gasteiger partial charge is 0.446 e. The lowest BCUT2D eigenvalue weighted by atomic mass is 10.2. The summed E-state index contributed by atoms with van der Waals surface area (Å²) in [4.78, 5) is -0.128. The van der Waals surface area contributed by atoms with Crippen LogP contribution in [0.5, 0.6) is 11.5 Å². The standard InChI is InChI=1S/C14H8Cl2F4OS/c1-7-11(21-10-5-8(15)4-9(17)6-10)2-3-12(13(7)16)22-14(18,19)20/h2-6H,1H3. The first-order valence-corrected chi connectivity index (χ1v) is 7.42. The second kappa shape index (κ2) is 6.56. The molecule has 0 aromatic heterocycles. The van der Waals surface area contributed by atoms with Crippen molar-refractivity contribution in [1.29, 1.82) is 0 Å². The minimum Gasteiger partial charge on any atom is -0.457 e. The molecule has 0 aliphatic rings. The van der Waals surface area contributed by atoms with Gasteiger partial charge in [-0.15, -0.1) is 0 Å². The van der Waals surface area contributed by atoms with E-state index in [1.165, 1.54) is 25.1 Å². The lowest BCUT2D eigenvalue weighted by molar-refractivity contribution is -0.0328. The fourth-order valence-corrected chi connectivity index (χ4v) is 2.78. The zero-order chi connectivity index (χ0) is 16.5. The van der Waals surface area contributed by atoms with Crippen molar-refractivity contribution in [2.45, 2.75) is 17.3 Å². The molecule has 0 bridgehead atoms. The zero-order valence-electron chi connectivity index (χ0n) is 11.0. The summed E-state index contributed by atoms with van der Waals surface area (Å²) in [7, 11) is 0. The van der Waals surface area contributed by atoms with Gasteiger partial charge in [-0.25, -0.2) is 4.39 Å². The van der Waals surface area contributed by atoms with Gasteiger partial charge >= 0.3 is 5.51 Å². The Morgan fingerprint density at radius 2 is 1.77 bits per heavy atom. The van der Waals surface area contributed by atoms with Gasteiger partial charge in [-0.3, -0.25) is 0 Å². The SMILES string of the molecule is Cc1c(Oc2cc(F)cc(Cl)c2)ccc(SC(F)(F)F)c1Cl. The molecule has 2 aromatic rings. The van der Waals surface area contributed by atoms with E-state index in [1.807, 2.05) is 0 Å². The quantitative estimate of drug-likeness (QED) is 0.431. The molecule has 8 heteroatoms. The Bertz CT molecular complexity index is 684. The van der Waals surface area contributed by atoms with Crippen molar-refractivity contribution in [3.63, 3.8) is 0 Å². The van der Waals surface area contributed by atoms with Crippen LogP contribution in [0.25, 0.3) is 0 Å². The summed E-state index contributed by atoms with van der Waals surface area (Å²) < 4.78 is 55.9. The summed E-state index contributed by atoms with van der Waals surface area (Å²) in [5, 5.41) is 0.0744. The number of rotatable bonds is 3. The van der Waals surface area contributed by atoms with Crippen LogP contribution in [0.15, 0.2) is 35.2 Å². The first kappa shape index (κ1) is 17.2. The Hall–Kier alpha value is -1.11. The molecule has 118 valence electrons. The first-order valence-electron chi connectivity index (χ1n) is 5.84. The highest BCUT2D eigenvalue weighted by Crippen LogP contribution is 2.43. The third-order valence-electron chi connectivity index (χ3n) is 2.59. The van der Waals surface area contributed by atoms with E-state index in [9.17, 15) is 17.6 Å². The Kier molecular flexibility index (Phi) is 5.14. The zero-order valence-corrected chi connectivity index (χ0v) is 13.3. The molecule has 0 saturated carbocycles. The molecule has 2 aromatic carbocycles. The maximum absolute atomic E-state index is 13.2. The molecular formula is C14H8Cl2F4OS. The van der Waals surface area contributed by atoms with Gasteiger partial charge in [0.2, 0.25) is 0 Å². The van der Waals surface area contributed by atoms with Gasteiger partial charge in [0.15, 0.2) is 0 Å². The Labute approximate surface area is 138 Å². The van der Waals surface area contributed by atoms with Crippen LogP contribution in [0.3, 0.4) is 0 Å². The maximum atomic E-state index is 13.2. The van der Waals surface area contributed by atoms with Crippen LogP contribution in [0.2, 0.25) is 10.0 Å². The number of halogens is 6. The molecule has 0 fully saturated rings. The lowest BCUT2D eigenvalue weighted by Gasteiger charge is -2.14. The van der Waals surface area contributed by atoms with E-state index in [-0.39, 0.29) is 38.2 Å².